The SMILES string of the molecule is CNCC1(CN2CCN3CCCCC3C2)CC1. The zero-order chi connectivity index (χ0) is 11.7. The van der Waals surface area contributed by atoms with Crippen molar-refractivity contribution in [1.82, 2.24) is 15.1 Å². The molecule has 3 rings (SSSR count). The van der Waals surface area contributed by atoms with Crippen molar-refractivity contribution in [3.8, 4) is 0 Å². The summed E-state index contributed by atoms with van der Waals surface area (Å²) in [4.78, 5) is 5.48. The lowest BCUT2D eigenvalue weighted by atomic mass is 9.98. The largest absolute Gasteiger partial charge is 0.319 e. The molecule has 0 bridgehead atoms. The van der Waals surface area contributed by atoms with E-state index in [0.717, 1.165) is 6.04 Å². The van der Waals surface area contributed by atoms with Crippen molar-refractivity contribution in [2.75, 3.05) is 46.3 Å². The molecule has 0 radical (unpaired) electrons. The van der Waals surface area contributed by atoms with Gasteiger partial charge in [0.15, 0.2) is 0 Å². The molecule has 3 fully saturated rings. The van der Waals surface area contributed by atoms with Crippen LogP contribution in [0.3, 0.4) is 0 Å². The fourth-order valence-corrected chi connectivity index (χ4v) is 3.78. The van der Waals surface area contributed by atoms with Gasteiger partial charge in [-0.05, 0) is 44.7 Å². The van der Waals surface area contributed by atoms with E-state index in [1.54, 1.807) is 0 Å². The molecule has 0 spiro atoms. The van der Waals surface area contributed by atoms with Crippen molar-refractivity contribution < 1.29 is 0 Å². The van der Waals surface area contributed by atoms with Gasteiger partial charge < -0.3 is 5.32 Å². The Morgan fingerprint density at radius 1 is 1.18 bits per heavy atom. The average Bonchev–Trinajstić information content (AvgIpc) is 3.09. The Morgan fingerprint density at radius 2 is 2.06 bits per heavy atom. The van der Waals surface area contributed by atoms with Crippen LogP contribution in [0.2, 0.25) is 0 Å². The highest BCUT2D eigenvalue weighted by Gasteiger charge is 2.44. The van der Waals surface area contributed by atoms with Crippen LogP contribution in [-0.2, 0) is 0 Å². The summed E-state index contributed by atoms with van der Waals surface area (Å²) in [6.07, 6.45) is 7.21. The molecular weight excluding hydrogens is 210 g/mol. The van der Waals surface area contributed by atoms with Gasteiger partial charge in [0.25, 0.3) is 0 Å². The molecule has 1 aliphatic carbocycles. The van der Waals surface area contributed by atoms with Crippen LogP contribution in [0, 0.1) is 5.41 Å². The molecule has 0 aromatic carbocycles. The minimum absolute atomic E-state index is 0.644. The number of piperazine rings is 1. The Kier molecular flexibility index (Phi) is 3.42. The Hall–Kier alpha value is -0.120. The quantitative estimate of drug-likeness (QED) is 0.791. The van der Waals surface area contributed by atoms with Crippen LogP contribution in [0.25, 0.3) is 0 Å². The average molecular weight is 237 g/mol. The Bertz CT molecular complexity index is 262. The lowest BCUT2D eigenvalue weighted by molar-refractivity contribution is 0.0395. The summed E-state index contributed by atoms with van der Waals surface area (Å²) in [5.74, 6) is 0. The van der Waals surface area contributed by atoms with E-state index in [1.807, 2.05) is 0 Å². The van der Waals surface area contributed by atoms with Crippen LogP contribution < -0.4 is 5.32 Å². The fraction of sp³-hybridized carbons (Fsp3) is 1.00. The van der Waals surface area contributed by atoms with E-state index in [0.29, 0.717) is 5.41 Å². The maximum atomic E-state index is 3.38. The van der Waals surface area contributed by atoms with Crippen molar-refractivity contribution in [1.29, 1.82) is 0 Å². The molecule has 1 unspecified atom stereocenters. The summed E-state index contributed by atoms with van der Waals surface area (Å²) < 4.78 is 0. The molecule has 98 valence electrons. The molecule has 1 atom stereocenters. The normalized spacial score (nSPS) is 33.4. The zero-order valence-corrected chi connectivity index (χ0v) is 11.2. The summed E-state index contributed by atoms with van der Waals surface area (Å²) >= 11 is 0. The van der Waals surface area contributed by atoms with Gasteiger partial charge in [0.1, 0.15) is 0 Å². The molecule has 2 heterocycles. The fourth-order valence-electron chi connectivity index (χ4n) is 3.78. The molecule has 1 saturated carbocycles. The second-order valence-corrected chi connectivity index (χ2v) is 6.45. The van der Waals surface area contributed by atoms with E-state index in [4.69, 9.17) is 0 Å². The number of piperidine rings is 1. The van der Waals surface area contributed by atoms with E-state index in [-0.39, 0.29) is 0 Å². The molecule has 3 nitrogen and oxygen atoms in total. The number of nitrogens with one attached hydrogen (secondary N) is 1. The van der Waals surface area contributed by atoms with E-state index < -0.39 is 0 Å². The number of fused-ring (bicyclic) bond motifs is 1. The van der Waals surface area contributed by atoms with Gasteiger partial charge in [-0.3, -0.25) is 9.80 Å². The van der Waals surface area contributed by atoms with Gasteiger partial charge in [0.2, 0.25) is 0 Å². The highest BCUT2D eigenvalue weighted by atomic mass is 15.3. The molecule has 0 amide bonds. The smallest absolute Gasteiger partial charge is 0.0223 e. The first-order chi connectivity index (χ1) is 8.31. The van der Waals surface area contributed by atoms with Crippen molar-refractivity contribution in [3.05, 3.63) is 0 Å². The van der Waals surface area contributed by atoms with Crippen LogP contribution in [0.4, 0.5) is 0 Å². The van der Waals surface area contributed by atoms with Gasteiger partial charge in [-0.2, -0.15) is 0 Å². The van der Waals surface area contributed by atoms with Crippen LogP contribution in [0.5, 0.6) is 0 Å². The highest BCUT2D eigenvalue weighted by Crippen LogP contribution is 2.45. The molecule has 0 aromatic heterocycles. The van der Waals surface area contributed by atoms with Crippen LogP contribution in [-0.4, -0.2) is 62.2 Å². The third kappa shape index (κ3) is 2.67. The van der Waals surface area contributed by atoms with E-state index >= 15 is 0 Å². The van der Waals surface area contributed by atoms with Crippen LogP contribution in [0.15, 0.2) is 0 Å². The number of nitrogens with zero attached hydrogens (tertiary/aromatic N) is 2. The minimum atomic E-state index is 0.644. The number of rotatable bonds is 4. The molecular formula is C14H27N3. The zero-order valence-electron chi connectivity index (χ0n) is 11.2. The monoisotopic (exact) mass is 237 g/mol. The minimum Gasteiger partial charge on any atom is -0.319 e. The van der Waals surface area contributed by atoms with Gasteiger partial charge in [-0.15, -0.1) is 0 Å². The number of hydrogen-bond acceptors (Lipinski definition) is 3. The summed E-state index contributed by atoms with van der Waals surface area (Å²) in [5, 5.41) is 3.38. The van der Waals surface area contributed by atoms with E-state index in [2.05, 4.69) is 22.2 Å². The van der Waals surface area contributed by atoms with Gasteiger partial charge in [-0.1, -0.05) is 6.42 Å². The van der Waals surface area contributed by atoms with E-state index in [9.17, 15) is 0 Å². The topological polar surface area (TPSA) is 18.5 Å². The predicted molar refractivity (Wildman–Crippen MR) is 71.2 cm³/mol. The van der Waals surface area contributed by atoms with Crippen molar-refractivity contribution in [2.45, 2.75) is 38.1 Å². The first kappa shape index (κ1) is 11.9. The van der Waals surface area contributed by atoms with Gasteiger partial charge in [-0.25, -0.2) is 0 Å². The number of hydrogen-bond donors (Lipinski definition) is 1. The second-order valence-electron chi connectivity index (χ2n) is 6.45. The molecule has 3 aliphatic rings. The standard InChI is InChI=1S/C14H27N3/c1-15-11-14(5-6-14)12-16-8-9-17-7-3-2-4-13(17)10-16/h13,15H,2-12H2,1H3. The Labute approximate surface area is 106 Å². The first-order valence-electron chi connectivity index (χ1n) is 7.42. The highest BCUT2D eigenvalue weighted by molar-refractivity contribution is 4.98. The summed E-state index contributed by atoms with van der Waals surface area (Å²) in [5.41, 5.74) is 0.644. The molecule has 0 aromatic rings. The first-order valence-corrected chi connectivity index (χ1v) is 7.42. The molecule has 2 aliphatic heterocycles. The van der Waals surface area contributed by atoms with Gasteiger partial charge in [0, 0.05) is 38.8 Å². The second kappa shape index (κ2) is 4.87. The summed E-state index contributed by atoms with van der Waals surface area (Å²) in [7, 11) is 2.10. The van der Waals surface area contributed by atoms with Crippen molar-refractivity contribution in [3.63, 3.8) is 0 Å². The molecule has 3 heteroatoms. The van der Waals surface area contributed by atoms with Crippen molar-refractivity contribution >= 4 is 0 Å². The maximum absolute atomic E-state index is 3.38. The van der Waals surface area contributed by atoms with E-state index in [1.165, 1.54) is 71.4 Å². The maximum Gasteiger partial charge on any atom is 0.0223 e. The summed E-state index contributed by atoms with van der Waals surface area (Å²) in [6.45, 7) is 7.89. The lowest BCUT2D eigenvalue weighted by Gasteiger charge is -2.45. The lowest BCUT2D eigenvalue weighted by Crippen LogP contribution is -2.56. The van der Waals surface area contributed by atoms with Crippen molar-refractivity contribution in [2.24, 2.45) is 5.41 Å². The Morgan fingerprint density at radius 3 is 2.82 bits per heavy atom. The van der Waals surface area contributed by atoms with Gasteiger partial charge >= 0.3 is 0 Å². The predicted octanol–water partition coefficient (Wildman–Crippen LogP) is 1.16. The molecule has 1 N–H and O–H groups in total. The molecule has 2 saturated heterocycles. The third-order valence-electron chi connectivity index (χ3n) is 4.99. The third-order valence-corrected chi connectivity index (χ3v) is 4.99. The van der Waals surface area contributed by atoms with Crippen LogP contribution in [0.1, 0.15) is 32.1 Å². The summed E-state index contributed by atoms with van der Waals surface area (Å²) in [6, 6.07) is 0.878. The van der Waals surface area contributed by atoms with Crippen LogP contribution >= 0.6 is 0 Å². The van der Waals surface area contributed by atoms with Gasteiger partial charge in [0.05, 0.1) is 0 Å². The Balaban J connectivity index is 1.52. The molecule has 17 heavy (non-hydrogen) atoms.